The number of rotatable bonds is 9. The van der Waals surface area contributed by atoms with Crippen LogP contribution in [0.3, 0.4) is 0 Å². The molecule has 2 rings (SSSR count). The number of hydrogen-bond donors (Lipinski definition) is 1. The van der Waals surface area contributed by atoms with Gasteiger partial charge in [-0.1, -0.05) is 12.1 Å². The molecule has 8 heteroatoms. The van der Waals surface area contributed by atoms with Gasteiger partial charge in [0.05, 0.1) is 31.5 Å². The van der Waals surface area contributed by atoms with Gasteiger partial charge < -0.3 is 19.3 Å². The number of halogens is 3. The van der Waals surface area contributed by atoms with Crippen LogP contribution in [0.15, 0.2) is 36.9 Å². The zero-order chi connectivity index (χ0) is 19.0. The lowest BCUT2D eigenvalue weighted by Crippen LogP contribution is -2.48. The average molecular weight is 375 g/mol. The lowest BCUT2D eigenvalue weighted by atomic mass is 10.2. The van der Waals surface area contributed by atoms with Gasteiger partial charge in [0.2, 0.25) is 0 Å². The monoisotopic (exact) mass is 375 g/mol. The van der Waals surface area contributed by atoms with E-state index in [1.165, 1.54) is 12.1 Å². The molecule has 1 heterocycles. The first kappa shape index (κ1) is 20.7. The van der Waals surface area contributed by atoms with Crippen molar-refractivity contribution < 1.29 is 32.5 Å². The number of nitrogens with zero attached hydrogens (tertiary/aromatic N) is 1. The highest BCUT2D eigenvalue weighted by Crippen LogP contribution is 2.31. The third-order valence-corrected chi connectivity index (χ3v) is 3.84. The van der Waals surface area contributed by atoms with Crippen LogP contribution in [0.1, 0.15) is 5.56 Å². The van der Waals surface area contributed by atoms with E-state index < -0.39 is 17.8 Å². The second kappa shape index (κ2) is 9.91. The van der Waals surface area contributed by atoms with Crippen molar-refractivity contribution in [1.82, 2.24) is 4.90 Å². The van der Waals surface area contributed by atoms with Gasteiger partial charge in [0.25, 0.3) is 0 Å². The summed E-state index contributed by atoms with van der Waals surface area (Å²) in [6, 6.07) is 4.77. The molecule has 146 valence electrons. The molecule has 0 saturated carbocycles. The maximum absolute atomic E-state index is 12.7. The number of ether oxygens (including phenoxy) is 3. The smallest absolute Gasteiger partial charge is 0.416 e. The van der Waals surface area contributed by atoms with Gasteiger partial charge in [-0.25, -0.2) is 0 Å². The summed E-state index contributed by atoms with van der Waals surface area (Å²) < 4.78 is 54.4. The minimum absolute atomic E-state index is 0.140. The fourth-order valence-electron chi connectivity index (χ4n) is 2.64. The summed E-state index contributed by atoms with van der Waals surface area (Å²) in [5.74, 6) is 0.151. The minimum atomic E-state index is -4.40. The van der Waals surface area contributed by atoms with Crippen LogP contribution in [0, 0.1) is 0 Å². The van der Waals surface area contributed by atoms with Crippen molar-refractivity contribution in [3.63, 3.8) is 0 Å². The van der Waals surface area contributed by atoms with Gasteiger partial charge in [-0.3, -0.25) is 4.90 Å². The predicted octanol–water partition coefficient (Wildman–Crippen LogP) is 2.35. The van der Waals surface area contributed by atoms with Gasteiger partial charge >= 0.3 is 6.18 Å². The van der Waals surface area contributed by atoms with E-state index in [0.29, 0.717) is 32.8 Å². The van der Waals surface area contributed by atoms with Crippen LogP contribution in [0.4, 0.5) is 13.2 Å². The molecule has 1 aromatic carbocycles. The molecule has 0 radical (unpaired) electrons. The highest BCUT2D eigenvalue weighted by atomic mass is 19.4. The molecule has 1 aromatic rings. The van der Waals surface area contributed by atoms with E-state index in [9.17, 15) is 18.3 Å². The number of alkyl halides is 3. The second-order valence-electron chi connectivity index (χ2n) is 6.07. The summed E-state index contributed by atoms with van der Waals surface area (Å²) in [6.45, 7) is 6.37. The van der Waals surface area contributed by atoms with Gasteiger partial charge in [0.1, 0.15) is 18.5 Å². The van der Waals surface area contributed by atoms with Gasteiger partial charge in [-0.2, -0.15) is 13.2 Å². The van der Waals surface area contributed by atoms with Gasteiger partial charge in [0, 0.05) is 19.6 Å². The van der Waals surface area contributed by atoms with Crippen molar-refractivity contribution in [3.05, 3.63) is 42.5 Å². The Hall–Kier alpha value is -1.61. The lowest BCUT2D eigenvalue weighted by Gasteiger charge is -2.33. The van der Waals surface area contributed by atoms with E-state index >= 15 is 0 Å². The summed E-state index contributed by atoms with van der Waals surface area (Å²) in [6.07, 6.45) is -3.69. The van der Waals surface area contributed by atoms with E-state index in [-0.39, 0.29) is 25.1 Å². The molecule has 1 N–H and O–H groups in total. The fraction of sp³-hybridized carbons (Fsp3) is 0.556. The van der Waals surface area contributed by atoms with Crippen molar-refractivity contribution >= 4 is 0 Å². The number of morpholine rings is 1. The number of hydrogen-bond acceptors (Lipinski definition) is 5. The molecule has 0 aromatic heterocycles. The second-order valence-corrected chi connectivity index (χ2v) is 6.07. The molecule has 1 aliphatic heterocycles. The van der Waals surface area contributed by atoms with Crippen LogP contribution >= 0.6 is 0 Å². The Bertz CT molecular complexity index is 568. The average Bonchev–Trinajstić information content (AvgIpc) is 2.60. The van der Waals surface area contributed by atoms with Crippen LogP contribution in [0.2, 0.25) is 0 Å². The first-order valence-electron chi connectivity index (χ1n) is 8.39. The molecular formula is C18H24F3NO4. The van der Waals surface area contributed by atoms with Crippen LogP contribution < -0.4 is 4.74 Å². The Morgan fingerprint density at radius 3 is 2.96 bits per heavy atom. The summed E-state index contributed by atoms with van der Waals surface area (Å²) >= 11 is 0. The largest absolute Gasteiger partial charge is 0.491 e. The van der Waals surface area contributed by atoms with E-state index in [1.807, 2.05) is 4.90 Å². The van der Waals surface area contributed by atoms with Crippen molar-refractivity contribution in [1.29, 1.82) is 0 Å². The number of benzene rings is 1. The molecule has 0 bridgehead atoms. The third-order valence-electron chi connectivity index (χ3n) is 3.84. The van der Waals surface area contributed by atoms with Crippen molar-refractivity contribution in [2.45, 2.75) is 18.4 Å². The maximum atomic E-state index is 12.7. The Kier molecular flexibility index (Phi) is 7.89. The fourth-order valence-corrected chi connectivity index (χ4v) is 2.64. The SMILES string of the molecule is C=CCOCC(O)CN1CCOC(COc2cccc(C(F)(F)F)c2)C1. The van der Waals surface area contributed by atoms with Gasteiger partial charge in [-0.05, 0) is 18.2 Å². The topological polar surface area (TPSA) is 51.2 Å². The summed E-state index contributed by atoms with van der Waals surface area (Å²) in [4.78, 5) is 2.02. The number of β-amino-alcohol motifs (C(OH)–C–C–N with tert-alkyl or cyclic N) is 1. The molecule has 26 heavy (non-hydrogen) atoms. The molecule has 2 atom stereocenters. The summed E-state index contributed by atoms with van der Waals surface area (Å²) in [5, 5.41) is 9.95. The standard InChI is InChI=1S/C18H24F3NO4/c1-2-7-24-12-15(23)10-22-6-8-25-17(11-22)13-26-16-5-3-4-14(9-16)18(19,20)21/h2-5,9,15,17,23H,1,6-8,10-13H2. The summed E-state index contributed by atoms with van der Waals surface area (Å²) in [7, 11) is 0. The molecule has 1 aliphatic rings. The zero-order valence-electron chi connectivity index (χ0n) is 14.5. The van der Waals surface area contributed by atoms with Gasteiger partial charge in [0.15, 0.2) is 0 Å². The number of aliphatic hydroxyl groups excluding tert-OH is 1. The number of aliphatic hydroxyl groups is 1. The lowest BCUT2D eigenvalue weighted by molar-refractivity contribution is -0.137. The molecule has 0 aliphatic carbocycles. The van der Waals surface area contributed by atoms with Crippen molar-refractivity contribution in [3.8, 4) is 5.75 Å². The normalized spacial score (nSPS) is 19.9. The van der Waals surface area contributed by atoms with Crippen molar-refractivity contribution in [2.75, 3.05) is 46.1 Å². The molecule has 0 amide bonds. The van der Waals surface area contributed by atoms with Crippen LogP contribution in [-0.4, -0.2) is 68.3 Å². The Balaban J connectivity index is 1.78. The van der Waals surface area contributed by atoms with Crippen molar-refractivity contribution in [2.24, 2.45) is 0 Å². The Labute approximate surface area is 151 Å². The molecular weight excluding hydrogens is 351 g/mol. The molecule has 5 nitrogen and oxygen atoms in total. The Morgan fingerprint density at radius 1 is 1.42 bits per heavy atom. The molecule has 1 fully saturated rings. The highest BCUT2D eigenvalue weighted by Gasteiger charge is 2.30. The maximum Gasteiger partial charge on any atom is 0.416 e. The van der Waals surface area contributed by atoms with E-state index in [0.717, 1.165) is 12.1 Å². The quantitative estimate of drug-likeness (QED) is 0.530. The van der Waals surface area contributed by atoms with Crippen LogP contribution in [0.25, 0.3) is 0 Å². The highest BCUT2D eigenvalue weighted by molar-refractivity contribution is 5.30. The van der Waals surface area contributed by atoms with E-state index in [4.69, 9.17) is 14.2 Å². The van der Waals surface area contributed by atoms with Crippen LogP contribution in [-0.2, 0) is 15.7 Å². The van der Waals surface area contributed by atoms with E-state index in [2.05, 4.69) is 6.58 Å². The van der Waals surface area contributed by atoms with Crippen LogP contribution in [0.5, 0.6) is 5.75 Å². The predicted molar refractivity (Wildman–Crippen MR) is 90.1 cm³/mol. The first-order chi connectivity index (χ1) is 12.4. The van der Waals surface area contributed by atoms with E-state index in [1.54, 1.807) is 6.08 Å². The zero-order valence-corrected chi connectivity index (χ0v) is 14.5. The minimum Gasteiger partial charge on any atom is -0.491 e. The molecule has 0 spiro atoms. The molecule has 1 saturated heterocycles. The first-order valence-corrected chi connectivity index (χ1v) is 8.39. The molecule has 2 unspecified atom stereocenters. The Morgan fingerprint density at radius 2 is 2.23 bits per heavy atom. The van der Waals surface area contributed by atoms with Gasteiger partial charge in [-0.15, -0.1) is 6.58 Å². The third kappa shape index (κ3) is 6.95. The summed E-state index contributed by atoms with van der Waals surface area (Å²) in [5.41, 5.74) is -0.746.